The Morgan fingerprint density at radius 2 is 1.84 bits per heavy atom. The van der Waals surface area contributed by atoms with Gasteiger partial charge in [-0.25, -0.2) is 4.79 Å². The molecule has 0 radical (unpaired) electrons. The number of nitrogens with one attached hydrogen (secondary N) is 1. The molecule has 1 aliphatic heterocycles. The highest BCUT2D eigenvalue weighted by molar-refractivity contribution is 5.92. The van der Waals surface area contributed by atoms with Crippen LogP contribution >= 0.6 is 0 Å². The van der Waals surface area contributed by atoms with Gasteiger partial charge in [0.05, 0.1) is 25.9 Å². The van der Waals surface area contributed by atoms with Crippen LogP contribution in [-0.2, 0) is 14.3 Å². The Kier molecular flexibility index (Phi) is 7.16. The number of carbonyl (C=O) groups excluding carboxylic acids is 2. The molecule has 136 valence electrons. The van der Waals surface area contributed by atoms with Crippen molar-refractivity contribution in [2.75, 3.05) is 33.4 Å². The number of methoxy groups -OCH3 is 1. The molecule has 0 saturated carbocycles. The Labute approximate surface area is 148 Å². The molecule has 1 amide bonds. The van der Waals surface area contributed by atoms with Gasteiger partial charge in [-0.3, -0.25) is 9.69 Å². The standard InChI is InChI=1S/C19H26N2O4/c1-14(15(2)21-10-12-25-13-11-21)20-18(22)9-6-16-4-7-17(8-5-16)19(23)24-3/h4-9,14-15H,10-13H2,1-3H3,(H,20,22). The molecule has 0 aliphatic carbocycles. The van der Waals surface area contributed by atoms with E-state index in [2.05, 4.69) is 21.9 Å². The third-order valence-corrected chi connectivity index (χ3v) is 4.47. The van der Waals surface area contributed by atoms with Crippen molar-refractivity contribution in [1.29, 1.82) is 0 Å². The molecule has 1 aliphatic rings. The molecule has 0 spiro atoms. The first-order valence-corrected chi connectivity index (χ1v) is 8.50. The van der Waals surface area contributed by atoms with Crippen molar-refractivity contribution < 1.29 is 19.1 Å². The molecule has 0 aromatic heterocycles. The predicted octanol–water partition coefficient (Wildman–Crippen LogP) is 1.71. The van der Waals surface area contributed by atoms with Gasteiger partial charge in [0, 0.05) is 31.2 Å². The molecule has 1 fully saturated rings. The fourth-order valence-corrected chi connectivity index (χ4v) is 2.71. The molecular weight excluding hydrogens is 320 g/mol. The molecule has 1 heterocycles. The molecule has 1 aromatic rings. The summed E-state index contributed by atoms with van der Waals surface area (Å²) in [5.41, 5.74) is 1.33. The fourth-order valence-electron chi connectivity index (χ4n) is 2.71. The zero-order valence-corrected chi connectivity index (χ0v) is 15.0. The third kappa shape index (κ3) is 5.69. The number of hydrogen-bond acceptors (Lipinski definition) is 5. The summed E-state index contributed by atoms with van der Waals surface area (Å²) in [6.07, 6.45) is 3.23. The van der Waals surface area contributed by atoms with E-state index in [0.29, 0.717) is 5.56 Å². The smallest absolute Gasteiger partial charge is 0.337 e. The molecule has 1 N–H and O–H groups in total. The molecule has 1 aromatic carbocycles. The maximum Gasteiger partial charge on any atom is 0.337 e. The van der Waals surface area contributed by atoms with Crippen LogP contribution in [0, 0.1) is 0 Å². The maximum atomic E-state index is 12.1. The fraction of sp³-hybridized carbons (Fsp3) is 0.474. The topological polar surface area (TPSA) is 67.9 Å². The number of nitrogens with zero attached hydrogens (tertiary/aromatic N) is 1. The average Bonchev–Trinajstić information content (AvgIpc) is 2.66. The lowest BCUT2D eigenvalue weighted by Gasteiger charge is -2.35. The summed E-state index contributed by atoms with van der Waals surface area (Å²) in [5.74, 6) is -0.510. The number of hydrogen-bond donors (Lipinski definition) is 1. The molecule has 6 nitrogen and oxygen atoms in total. The number of rotatable bonds is 6. The van der Waals surface area contributed by atoms with Crippen LogP contribution < -0.4 is 5.32 Å². The minimum Gasteiger partial charge on any atom is -0.465 e. The highest BCUT2D eigenvalue weighted by Gasteiger charge is 2.22. The summed E-state index contributed by atoms with van der Waals surface area (Å²) < 4.78 is 10.0. The first kappa shape index (κ1) is 19.1. The largest absolute Gasteiger partial charge is 0.465 e. The summed E-state index contributed by atoms with van der Waals surface area (Å²) in [7, 11) is 1.35. The van der Waals surface area contributed by atoms with Crippen molar-refractivity contribution in [3.05, 3.63) is 41.5 Å². The number of morpholine rings is 1. The van der Waals surface area contributed by atoms with Gasteiger partial charge >= 0.3 is 5.97 Å². The highest BCUT2D eigenvalue weighted by Crippen LogP contribution is 2.09. The summed E-state index contributed by atoms with van der Waals surface area (Å²) in [4.78, 5) is 25.8. The lowest BCUT2D eigenvalue weighted by atomic mass is 10.1. The number of amides is 1. The summed E-state index contributed by atoms with van der Waals surface area (Å²) in [6.45, 7) is 7.40. The number of benzene rings is 1. The minimum absolute atomic E-state index is 0.0388. The van der Waals surface area contributed by atoms with Crippen LogP contribution in [0.2, 0.25) is 0 Å². The Hall–Kier alpha value is -2.18. The van der Waals surface area contributed by atoms with Gasteiger partial charge in [-0.1, -0.05) is 12.1 Å². The third-order valence-electron chi connectivity index (χ3n) is 4.47. The van der Waals surface area contributed by atoms with Gasteiger partial charge in [-0.15, -0.1) is 0 Å². The van der Waals surface area contributed by atoms with Crippen molar-refractivity contribution in [2.24, 2.45) is 0 Å². The molecule has 2 rings (SSSR count). The second kappa shape index (κ2) is 9.34. The van der Waals surface area contributed by atoms with Crippen molar-refractivity contribution in [3.8, 4) is 0 Å². The predicted molar refractivity (Wildman–Crippen MR) is 96.3 cm³/mol. The number of carbonyl (C=O) groups is 2. The Morgan fingerprint density at radius 1 is 1.20 bits per heavy atom. The lowest BCUT2D eigenvalue weighted by Crippen LogP contribution is -2.51. The molecule has 2 unspecified atom stereocenters. The van der Waals surface area contributed by atoms with E-state index < -0.39 is 0 Å². The zero-order chi connectivity index (χ0) is 18.2. The van der Waals surface area contributed by atoms with Crippen molar-refractivity contribution in [3.63, 3.8) is 0 Å². The van der Waals surface area contributed by atoms with E-state index >= 15 is 0 Å². The van der Waals surface area contributed by atoms with Crippen LogP contribution in [0.4, 0.5) is 0 Å². The second-order valence-electron chi connectivity index (χ2n) is 6.13. The van der Waals surface area contributed by atoms with E-state index in [4.69, 9.17) is 4.74 Å². The monoisotopic (exact) mass is 346 g/mol. The van der Waals surface area contributed by atoms with Crippen LogP contribution in [0.15, 0.2) is 30.3 Å². The van der Waals surface area contributed by atoms with Crippen molar-refractivity contribution in [2.45, 2.75) is 25.9 Å². The van der Waals surface area contributed by atoms with E-state index in [9.17, 15) is 9.59 Å². The SMILES string of the molecule is COC(=O)c1ccc(C=CC(=O)NC(C)C(C)N2CCOCC2)cc1. The van der Waals surface area contributed by atoms with Crippen LogP contribution in [0.3, 0.4) is 0 Å². The molecule has 2 atom stereocenters. The van der Waals surface area contributed by atoms with E-state index in [1.807, 2.05) is 6.92 Å². The normalized spacial score (nSPS) is 17.9. The van der Waals surface area contributed by atoms with Crippen molar-refractivity contribution >= 4 is 18.0 Å². The van der Waals surface area contributed by atoms with Gasteiger partial charge in [0.15, 0.2) is 0 Å². The van der Waals surface area contributed by atoms with E-state index in [1.165, 1.54) is 13.2 Å². The van der Waals surface area contributed by atoms with Gasteiger partial charge in [-0.05, 0) is 37.6 Å². The van der Waals surface area contributed by atoms with Crippen LogP contribution in [0.5, 0.6) is 0 Å². The van der Waals surface area contributed by atoms with E-state index in [1.54, 1.807) is 30.3 Å². The quantitative estimate of drug-likeness (QED) is 0.627. The molecule has 0 bridgehead atoms. The molecule has 1 saturated heterocycles. The average molecular weight is 346 g/mol. The minimum atomic E-state index is -0.376. The van der Waals surface area contributed by atoms with Gasteiger partial charge in [-0.2, -0.15) is 0 Å². The maximum absolute atomic E-state index is 12.1. The highest BCUT2D eigenvalue weighted by atomic mass is 16.5. The first-order chi connectivity index (χ1) is 12.0. The summed E-state index contributed by atoms with van der Waals surface area (Å²) in [5, 5.41) is 3.00. The Balaban J connectivity index is 1.86. The Bertz CT molecular complexity index is 606. The zero-order valence-electron chi connectivity index (χ0n) is 15.0. The number of ether oxygens (including phenoxy) is 2. The van der Waals surface area contributed by atoms with Crippen molar-refractivity contribution in [1.82, 2.24) is 10.2 Å². The molecular formula is C19H26N2O4. The molecule has 6 heteroatoms. The first-order valence-electron chi connectivity index (χ1n) is 8.50. The number of esters is 1. The van der Waals surface area contributed by atoms with Gasteiger partial charge < -0.3 is 14.8 Å². The lowest BCUT2D eigenvalue weighted by molar-refractivity contribution is -0.117. The van der Waals surface area contributed by atoms with Crippen LogP contribution in [-0.4, -0.2) is 62.3 Å². The van der Waals surface area contributed by atoms with Gasteiger partial charge in [0.1, 0.15) is 0 Å². The van der Waals surface area contributed by atoms with E-state index in [-0.39, 0.29) is 24.0 Å². The summed E-state index contributed by atoms with van der Waals surface area (Å²) in [6, 6.07) is 7.18. The van der Waals surface area contributed by atoms with Crippen LogP contribution in [0.25, 0.3) is 6.08 Å². The second-order valence-corrected chi connectivity index (χ2v) is 6.13. The summed E-state index contributed by atoms with van der Waals surface area (Å²) >= 11 is 0. The van der Waals surface area contributed by atoms with Gasteiger partial charge in [0.2, 0.25) is 5.91 Å². The van der Waals surface area contributed by atoms with Crippen LogP contribution in [0.1, 0.15) is 29.8 Å². The van der Waals surface area contributed by atoms with Gasteiger partial charge in [0.25, 0.3) is 0 Å². The Morgan fingerprint density at radius 3 is 2.44 bits per heavy atom. The van der Waals surface area contributed by atoms with E-state index in [0.717, 1.165) is 31.9 Å². The molecule has 25 heavy (non-hydrogen) atoms.